The first-order chi connectivity index (χ1) is 38.0. The molecular weight excluding hydrogens is 1030 g/mol. The van der Waals surface area contributed by atoms with E-state index in [1.54, 1.807) is 0 Å². The summed E-state index contributed by atoms with van der Waals surface area (Å²) >= 11 is 0. The molecule has 6 rings (SSSR count). The number of likely N-dealkylation sites (tertiary alicyclic amines) is 6. The second-order valence-electron chi connectivity index (χ2n) is 29.0. The maximum Gasteiger partial charge on any atom is 0.0832 e. The Bertz CT molecular complexity index is 1470. The maximum absolute atomic E-state index is 9.75. The maximum atomic E-state index is 9.75. The molecule has 0 aromatic carbocycles. The Morgan fingerprint density at radius 3 is 0.963 bits per heavy atom. The highest BCUT2D eigenvalue weighted by Gasteiger charge is 2.38. The summed E-state index contributed by atoms with van der Waals surface area (Å²) in [6.45, 7) is 65.4. The van der Waals surface area contributed by atoms with Crippen LogP contribution in [-0.2, 0) is 0 Å². The Kier molecular flexibility index (Phi) is 38.7. The van der Waals surface area contributed by atoms with Gasteiger partial charge in [-0.3, -0.25) is 29.4 Å². The van der Waals surface area contributed by atoms with Crippen LogP contribution in [0.25, 0.3) is 0 Å². The summed E-state index contributed by atoms with van der Waals surface area (Å²) in [6, 6.07) is 10.9. The van der Waals surface area contributed by atoms with Gasteiger partial charge in [0.05, 0.1) is 12.2 Å². The number of hydrogen-bond acceptors (Lipinski definition) is 18. The van der Waals surface area contributed by atoms with Crippen LogP contribution >= 0.6 is 0 Å². The van der Waals surface area contributed by atoms with Gasteiger partial charge in [0.25, 0.3) is 0 Å². The number of hydrogen-bond donors (Lipinski definition) is 11. The average molecular weight is 1170 g/mol. The third-order valence-corrected chi connectivity index (χ3v) is 17.1. The molecule has 0 aliphatic carbocycles. The van der Waals surface area contributed by atoms with Crippen LogP contribution in [0, 0.1) is 5.92 Å². The standard InChI is InChI=1S/C12H27N3.C11H25N3.C11H24N2O.C10H23N3.2C10H22N2O/c1-9(2)13-11-7-15(10(3)4)8-12(11)14(5)6;1-8(2)13-11-7-14(9(3)4)6-10(11)12-5;1-8(2)12-11-6-13(9(3)4)5-10(11)7-14;1-7(2)12-10-6-13(8(3)4)5-9(10)11;2*1-7(2)11-9-5-12(8(3)4)6-10(9)13/h9-13H,7-8H2,1-6H3;8-13H,6-7H2,1-5H3;8-12,14H,5-7H2,1-4H3;7-10,12H,5-6,11H2,1-4H3;2*7-11,13H,5-6H2,1-4H3/t11-,12+;10-,11+;10-,11-;3*9-,10+/m010100/s1. The quantitative estimate of drug-likeness (QED) is 0.0798. The molecule has 12 N–H and O–H groups in total. The van der Waals surface area contributed by atoms with Crippen LogP contribution in [0.1, 0.15) is 166 Å². The van der Waals surface area contributed by atoms with Gasteiger partial charge in [-0.15, -0.1) is 0 Å². The van der Waals surface area contributed by atoms with Gasteiger partial charge in [0.2, 0.25) is 0 Å². The van der Waals surface area contributed by atoms with E-state index < -0.39 is 0 Å². The van der Waals surface area contributed by atoms with E-state index in [0.29, 0.717) is 127 Å². The number of nitrogens with one attached hydrogen (secondary N) is 7. The molecule has 0 unspecified atom stereocenters. The summed E-state index contributed by atoms with van der Waals surface area (Å²) in [5, 5.41) is 53.3. The molecule has 18 nitrogen and oxygen atoms in total. The largest absolute Gasteiger partial charge is 0.396 e. The number of rotatable bonds is 21. The first kappa shape index (κ1) is 79.3. The second-order valence-corrected chi connectivity index (χ2v) is 29.0. The molecule has 0 spiro atoms. The number of likely N-dealkylation sites (N-methyl/N-ethyl adjacent to an activating group) is 2. The Morgan fingerprint density at radius 1 is 0.354 bits per heavy atom. The predicted octanol–water partition coefficient (Wildman–Crippen LogP) is 3.64. The highest BCUT2D eigenvalue weighted by atomic mass is 16.3. The van der Waals surface area contributed by atoms with E-state index in [1.807, 2.05) is 0 Å². The number of nitrogens with two attached hydrogens (primary N) is 1. The molecule has 0 bridgehead atoms. The minimum atomic E-state index is -0.204. The molecule has 6 heterocycles. The molecule has 0 aromatic heterocycles. The van der Waals surface area contributed by atoms with Crippen molar-refractivity contribution in [3.63, 3.8) is 0 Å². The van der Waals surface area contributed by atoms with E-state index in [9.17, 15) is 15.3 Å². The fourth-order valence-electron chi connectivity index (χ4n) is 12.2. The van der Waals surface area contributed by atoms with E-state index in [4.69, 9.17) is 5.73 Å². The Balaban J connectivity index is 0.000000492. The van der Waals surface area contributed by atoms with E-state index in [2.05, 4.69) is 259 Å². The first-order valence-electron chi connectivity index (χ1n) is 33.1. The van der Waals surface area contributed by atoms with Crippen LogP contribution in [-0.4, -0.2) is 295 Å². The molecule has 0 radical (unpaired) electrons. The van der Waals surface area contributed by atoms with Crippen molar-refractivity contribution in [3.05, 3.63) is 0 Å². The number of nitrogens with zero attached hydrogens (tertiary/aromatic N) is 7. The smallest absolute Gasteiger partial charge is 0.0832 e. The zero-order valence-electron chi connectivity index (χ0n) is 58.6. The minimum absolute atomic E-state index is 0.204. The molecule has 6 saturated heterocycles. The lowest BCUT2D eigenvalue weighted by molar-refractivity contribution is 0.146. The van der Waals surface area contributed by atoms with Crippen LogP contribution in [0.5, 0.6) is 0 Å². The lowest BCUT2D eigenvalue weighted by atomic mass is 10.0. The Hall–Kier alpha value is -0.720. The molecule has 6 aliphatic rings. The topological polar surface area (TPSA) is 194 Å². The molecule has 0 saturated carbocycles. The second kappa shape index (κ2) is 40.0. The fourth-order valence-corrected chi connectivity index (χ4v) is 12.2. The highest BCUT2D eigenvalue weighted by molar-refractivity contribution is 4.98. The number of aliphatic hydroxyl groups is 3. The van der Waals surface area contributed by atoms with Crippen LogP contribution in [0.4, 0.5) is 0 Å². The third-order valence-electron chi connectivity index (χ3n) is 17.1. The SMILES string of the molecule is CC(C)N[C@H]1CN(C(C)C)C[C@H]1CO.CC(C)N[C@H]1CN(C(C)C)C[C@H]1N.CC(C)N[C@H]1CN(C(C)C)C[C@H]1N(C)C.CC(C)N[C@H]1CN(C(C)C)C[C@H]1O.CC(C)N[C@H]1CN(C(C)C)C[C@H]1O.CN[C@@H]1CN(C(C)C)C[C@@H]1NC(C)C. The van der Waals surface area contributed by atoms with Crippen molar-refractivity contribution in [1.82, 2.24) is 71.5 Å². The molecule has 82 heavy (non-hydrogen) atoms. The van der Waals surface area contributed by atoms with Crippen LogP contribution < -0.4 is 43.0 Å². The van der Waals surface area contributed by atoms with E-state index >= 15 is 0 Å². The number of β-amino-alcohol motifs (C(OH)–C–C–N with tert-alkyl or cyclic N) is 2. The number of aliphatic hydroxyl groups excluding tert-OH is 3. The van der Waals surface area contributed by atoms with Gasteiger partial charge < -0.3 is 63.2 Å². The van der Waals surface area contributed by atoms with Gasteiger partial charge in [0.1, 0.15) is 0 Å². The molecule has 12 atom stereocenters. The van der Waals surface area contributed by atoms with Gasteiger partial charge in [0.15, 0.2) is 0 Å². The summed E-state index contributed by atoms with van der Waals surface area (Å²) < 4.78 is 0. The lowest BCUT2D eigenvalue weighted by Gasteiger charge is -2.27. The Morgan fingerprint density at radius 2 is 0.622 bits per heavy atom. The van der Waals surface area contributed by atoms with E-state index in [0.717, 1.165) is 52.4 Å². The summed E-state index contributed by atoms with van der Waals surface area (Å²) in [6.07, 6.45) is -0.408. The highest BCUT2D eigenvalue weighted by Crippen LogP contribution is 2.21. The van der Waals surface area contributed by atoms with Gasteiger partial charge in [-0.1, -0.05) is 83.1 Å². The van der Waals surface area contributed by atoms with Gasteiger partial charge >= 0.3 is 0 Å². The summed E-state index contributed by atoms with van der Waals surface area (Å²) in [5.41, 5.74) is 6.05. The first-order valence-corrected chi connectivity index (χ1v) is 33.1. The van der Waals surface area contributed by atoms with Crippen molar-refractivity contribution >= 4 is 0 Å². The van der Waals surface area contributed by atoms with Crippen LogP contribution in [0.15, 0.2) is 0 Å². The van der Waals surface area contributed by atoms with Crippen molar-refractivity contribution in [2.24, 2.45) is 11.7 Å². The van der Waals surface area contributed by atoms with Gasteiger partial charge in [-0.25, -0.2) is 0 Å². The van der Waals surface area contributed by atoms with Crippen molar-refractivity contribution in [1.29, 1.82) is 0 Å². The van der Waals surface area contributed by atoms with Gasteiger partial charge in [0, 0.05) is 218 Å². The molecule has 0 aromatic rings. The van der Waals surface area contributed by atoms with Crippen molar-refractivity contribution in [2.45, 2.75) is 305 Å². The van der Waals surface area contributed by atoms with E-state index in [1.165, 1.54) is 26.2 Å². The molecule has 18 heteroatoms. The predicted molar refractivity (Wildman–Crippen MR) is 353 cm³/mol. The average Bonchev–Trinajstić information content (AvgIpc) is 4.22. The lowest BCUT2D eigenvalue weighted by Crippen LogP contribution is -2.48. The van der Waals surface area contributed by atoms with Gasteiger partial charge in [-0.2, -0.15) is 0 Å². The van der Waals surface area contributed by atoms with E-state index in [-0.39, 0.29) is 24.3 Å². The Labute approximate surface area is 508 Å². The van der Waals surface area contributed by atoms with Gasteiger partial charge in [-0.05, 0) is 104 Å². The molecule has 0 amide bonds. The monoisotopic (exact) mass is 1170 g/mol. The van der Waals surface area contributed by atoms with Crippen molar-refractivity contribution in [2.75, 3.05) is 106 Å². The molecule has 6 aliphatic heterocycles. The van der Waals surface area contributed by atoms with Crippen molar-refractivity contribution < 1.29 is 15.3 Å². The summed E-state index contributed by atoms with van der Waals surface area (Å²) in [7, 11) is 6.43. The fraction of sp³-hybridized carbons (Fsp3) is 1.00. The molecule has 492 valence electrons. The summed E-state index contributed by atoms with van der Waals surface area (Å²) in [4.78, 5) is 16.9. The third kappa shape index (κ3) is 30.0. The normalized spacial score (nSPS) is 29.9. The van der Waals surface area contributed by atoms with Crippen LogP contribution in [0.3, 0.4) is 0 Å². The zero-order chi connectivity index (χ0) is 63.0. The van der Waals surface area contributed by atoms with Crippen LogP contribution in [0.2, 0.25) is 0 Å². The van der Waals surface area contributed by atoms with Crippen molar-refractivity contribution in [3.8, 4) is 0 Å². The zero-order valence-corrected chi connectivity index (χ0v) is 58.6. The molecular formula is C64H143N15O3. The minimum Gasteiger partial charge on any atom is -0.396 e. The summed E-state index contributed by atoms with van der Waals surface area (Å²) in [5.74, 6) is 0.403. The molecule has 6 fully saturated rings.